The van der Waals surface area contributed by atoms with Crippen LogP contribution in [-0.2, 0) is 0 Å². The second-order valence-corrected chi connectivity index (χ2v) is 5.92. The molecule has 2 heteroatoms. The largest absolute Gasteiger partial charge is 0.326 e. The van der Waals surface area contributed by atoms with E-state index in [0.29, 0.717) is 6.04 Å². The molecule has 1 unspecified atom stereocenters. The molecule has 1 aromatic carbocycles. The lowest BCUT2D eigenvalue weighted by Crippen LogP contribution is -2.33. The predicted octanol–water partition coefficient (Wildman–Crippen LogP) is 3.12. The first-order chi connectivity index (χ1) is 7.79. The molecule has 0 fully saturated rings. The van der Waals surface area contributed by atoms with Gasteiger partial charge in [-0.05, 0) is 53.3 Å². The summed E-state index contributed by atoms with van der Waals surface area (Å²) < 4.78 is 0. The lowest BCUT2D eigenvalue weighted by Gasteiger charge is -2.28. The number of hydrogen-bond acceptors (Lipinski definition) is 2. The highest BCUT2D eigenvalue weighted by Crippen LogP contribution is 2.26. The number of aryl methyl sites for hydroxylation is 1. The van der Waals surface area contributed by atoms with E-state index in [9.17, 15) is 0 Å². The molecule has 0 amide bonds. The Morgan fingerprint density at radius 1 is 1.18 bits per heavy atom. The minimum absolute atomic E-state index is 0.0844. The topological polar surface area (TPSA) is 29.3 Å². The van der Waals surface area contributed by atoms with E-state index < -0.39 is 0 Å². The van der Waals surface area contributed by atoms with E-state index in [2.05, 4.69) is 64.0 Å². The summed E-state index contributed by atoms with van der Waals surface area (Å²) in [5.41, 5.74) is 8.67. The van der Waals surface area contributed by atoms with Crippen LogP contribution in [0.15, 0.2) is 24.3 Å². The van der Waals surface area contributed by atoms with Gasteiger partial charge in [-0.3, -0.25) is 0 Å². The fourth-order valence-electron chi connectivity index (χ4n) is 2.02. The first-order valence-corrected chi connectivity index (χ1v) is 6.31. The van der Waals surface area contributed by atoms with E-state index in [1.54, 1.807) is 0 Å². The highest BCUT2D eigenvalue weighted by Gasteiger charge is 2.18. The molecule has 0 aliphatic heterocycles. The smallest absolute Gasteiger partial charge is 0.0342 e. The average molecular weight is 234 g/mol. The number of benzene rings is 1. The van der Waals surface area contributed by atoms with Crippen molar-refractivity contribution in [3.63, 3.8) is 0 Å². The van der Waals surface area contributed by atoms with Crippen LogP contribution in [0.2, 0.25) is 0 Å². The maximum Gasteiger partial charge on any atom is 0.0342 e. The lowest BCUT2D eigenvalue weighted by molar-refractivity contribution is 0.261. The van der Waals surface area contributed by atoms with Crippen molar-refractivity contribution in [1.82, 2.24) is 4.90 Å². The molecule has 1 rings (SSSR count). The molecule has 0 saturated heterocycles. The van der Waals surface area contributed by atoms with E-state index in [-0.39, 0.29) is 5.54 Å². The number of nitrogens with two attached hydrogens (primary N) is 1. The second-order valence-electron chi connectivity index (χ2n) is 5.92. The molecule has 0 bridgehead atoms. The van der Waals surface area contributed by atoms with Gasteiger partial charge in [-0.15, -0.1) is 0 Å². The van der Waals surface area contributed by atoms with Crippen LogP contribution in [-0.4, -0.2) is 24.5 Å². The van der Waals surface area contributed by atoms with Crippen molar-refractivity contribution in [3.8, 4) is 0 Å². The Bertz CT molecular complexity index is 333. The molecule has 0 saturated carbocycles. The van der Waals surface area contributed by atoms with Gasteiger partial charge in [0.25, 0.3) is 0 Å². The Kier molecular flexibility index (Phi) is 4.72. The van der Waals surface area contributed by atoms with Gasteiger partial charge in [0.05, 0.1) is 0 Å². The number of hydrogen-bond donors (Lipinski definition) is 1. The number of nitrogens with zero attached hydrogens (tertiary/aromatic N) is 1. The van der Waals surface area contributed by atoms with Crippen molar-refractivity contribution >= 4 is 0 Å². The Balaban J connectivity index is 2.76. The Hall–Kier alpha value is -0.860. The minimum atomic E-state index is -0.0844. The van der Waals surface area contributed by atoms with Gasteiger partial charge in [0.1, 0.15) is 0 Å². The standard InChI is InChI=1S/C15H26N2/c1-12-6-8-13(9-7-12)14(17(4)5)10-11-15(2,3)16/h6-9,14H,10-11,16H2,1-5H3. The van der Waals surface area contributed by atoms with E-state index in [4.69, 9.17) is 5.73 Å². The van der Waals surface area contributed by atoms with Crippen LogP contribution < -0.4 is 5.73 Å². The zero-order valence-corrected chi connectivity index (χ0v) is 11.8. The fourth-order valence-corrected chi connectivity index (χ4v) is 2.02. The molecule has 0 aromatic heterocycles. The summed E-state index contributed by atoms with van der Waals surface area (Å²) in [6.45, 7) is 6.31. The van der Waals surface area contributed by atoms with Crippen molar-refractivity contribution in [2.75, 3.05) is 14.1 Å². The van der Waals surface area contributed by atoms with Crippen molar-refractivity contribution in [1.29, 1.82) is 0 Å². The fraction of sp³-hybridized carbons (Fsp3) is 0.600. The summed E-state index contributed by atoms with van der Waals surface area (Å²) >= 11 is 0. The van der Waals surface area contributed by atoms with Crippen molar-refractivity contribution in [2.45, 2.75) is 45.2 Å². The van der Waals surface area contributed by atoms with Crippen LogP contribution in [0.5, 0.6) is 0 Å². The molecule has 1 atom stereocenters. The van der Waals surface area contributed by atoms with Crippen molar-refractivity contribution in [3.05, 3.63) is 35.4 Å². The van der Waals surface area contributed by atoms with Gasteiger partial charge in [0.15, 0.2) is 0 Å². The molecule has 0 radical (unpaired) electrons. The van der Waals surface area contributed by atoms with E-state index in [1.807, 2.05) is 0 Å². The highest BCUT2D eigenvalue weighted by molar-refractivity contribution is 5.24. The van der Waals surface area contributed by atoms with Gasteiger partial charge in [-0.2, -0.15) is 0 Å². The van der Waals surface area contributed by atoms with E-state index >= 15 is 0 Å². The zero-order valence-electron chi connectivity index (χ0n) is 11.8. The third-order valence-electron chi connectivity index (χ3n) is 3.15. The summed E-state index contributed by atoms with van der Waals surface area (Å²) in [6, 6.07) is 9.27. The summed E-state index contributed by atoms with van der Waals surface area (Å²) in [5.74, 6) is 0. The third-order valence-corrected chi connectivity index (χ3v) is 3.15. The van der Waals surface area contributed by atoms with Gasteiger partial charge in [-0.25, -0.2) is 0 Å². The third kappa shape index (κ3) is 4.88. The minimum Gasteiger partial charge on any atom is -0.326 e. The molecular weight excluding hydrogens is 208 g/mol. The van der Waals surface area contributed by atoms with Gasteiger partial charge in [-0.1, -0.05) is 29.8 Å². The summed E-state index contributed by atoms with van der Waals surface area (Å²) in [6.07, 6.45) is 2.13. The van der Waals surface area contributed by atoms with Gasteiger partial charge >= 0.3 is 0 Å². The average Bonchev–Trinajstić information content (AvgIpc) is 2.18. The number of rotatable bonds is 5. The molecule has 0 aliphatic carbocycles. The molecular formula is C15H26N2. The quantitative estimate of drug-likeness (QED) is 0.848. The molecule has 1 aromatic rings. The zero-order chi connectivity index (χ0) is 13.1. The molecule has 96 valence electrons. The highest BCUT2D eigenvalue weighted by atomic mass is 15.1. The maximum atomic E-state index is 6.07. The van der Waals surface area contributed by atoms with Gasteiger partial charge < -0.3 is 10.6 Å². The van der Waals surface area contributed by atoms with Crippen LogP contribution in [0, 0.1) is 6.92 Å². The maximum absolute atomic E-state index is 6.07. The van der Waals surface area contributed by atoms with Crippen LogP contribution in [0.1, 0.15) is 43.9 Å². The lowest BCUT2D eigenvalue weighted by atomic mass is 9.92. The monoisotopic (exact) mass is 234 g/mol. The van der Waals surface area contributed by atoms with Crippen LogP contribution >= 0.6 is 0 Å². The normalized spacial score (nSPS) is 14.1. The van der Waals surface area contributed by atoms with Crippen LogP contribution in [0.25, 0.3) is 0 Å². The van der Waals surface area contributed by atoms with E-state index in [1.165, 1.54) is 11.1 Å². The molecule has 0 spiro atoms. The van der Waals surface area contributed by atoms with Gasteiger partial charge in [0.2, 0.25) is 0 Å². The summed E-state index contributed by atoms with van der Waals surface area (Å²) in [4.78, 5) is 2.27. The van der Waals surface area contributed by atoms with Crippen LogP contribution in [0.3, 0.4) is 0 Å². The van der Waals surface area contributed by atoms with E-state index in [0.717, 1.165) is 12.8 Å². The second kappa shape index (κ2) is 5.65. The molecule has 0 heterocycles. The molecule has 0 aliphatic rings. The predicted molar refractivity (Wildman–Crippen MR) is 75.1 cm³/mol. The summed E-state index contributed by atoms with van der Waals surface area (Å²) in [5, 5.41) is 0. The molecule has 2 N–H and O–H groups in total. The Labute approximate surface area is 106 Å². The van der Waals surface area contributed by atoms with Crippen molar-refractivity contribution in [2.24, 2.45) is 5.73 Å². The first kappa shape index (κ1) is 14.2. The van der Waals surface area contributed by atoms with Crippen molar-refractivity contribution < 1.29 is 0 Å². The van der Waals surface area contributed by atoms with Gasteiger partial charge in [0, 0.05) is 11.6 Å². The molecule has 17 heavy (non-hydrogen) atoms. The molecule has 2 nitrogen and oxygen atoms in total. The summed E-state index contributed by atoms with van der Waals surface area (Å²) in [7, 11) is 4.27. The SMILES string of the molecule is Cc1ccc(C(CCC(C)(C)N)N(C)C)cc1. The Morgan fingerprint density at radius 2 is 1.71 bits per heavy atom. The first-order valence-electron chi connectivity index (χ1n) is 6.31. The van der Waals surface area contributed by atoms with Crippen LogP contribution in [0.4, 0.5) is 0 Å². The Morgan fingerprint density at radius 3 is 2.12 bits per heavy atom.